The molecule has 2 aliphatic rings. The third-order valence-electron chi connectivity index (χ3n) is 7.97. The Morgan fingerprint density at radius 1 is 1.11 bits per heavy atom. The number of carbonyl (C=O) groups is 1. The van der Waals surface area contributed by atoms with Crippen LogP contribution >= 0.6 is 0 Å². The minimum absolute atomic E-state index is 0.00676. The van der Waals surface area contributed by atoms with Crippen LogP contribution < -0.4 is 0 Å². The van der Waals surface area contributed by atoms with Crippen molar-refractivity contribution in [3.8, 4) is 0 Å². The van der Waals surface area contributed by atoms with E-state index in [1.807, 2.05) is 49.2 Å². The molecule has 3 aromatic rings. The van der Waals surface area contributed by atoms with Crippen molar-refractivity contribution in [2.24, 2.45) is 0 Å². The highest BCUT2D eigenvalue weighted by atomic mass is 16.5. The summed E-state index contributed by atoms with van der Waals surface area (Å²) in [6.07, 6.45) is 9.22. The Morgan fingerprint density at radius 3 is 2.61 bits per heavy atom. The predicted octanol–water partition coefficient (Wildman–Crippen LogP) is 6.91. The number of fused-ring (bicyclic) bond motifs is 3. The average Bonchev–Trinajstić information content (AvgIpc) is 3.04. The fraction of sp³-hybridized carbons (Fsp3) is 0.424. The zero-order valence-electron chi connectivity index (χ0n) is 23.1. The van der Waals surface area contributed by atoms with Gasteiger partial charge in [0, 0.05) is 46.7 Å². The van der Waals surface area contributed by atoms with E-state index < -0.39 is 5.41 Å². The fourth-order valence-corrected chi connectivity index (χ4v) is 5.89. The first-order valence-electron chi connectivity index (χ1n) is 14.1. The van der Waals surface area contributed by atoms with E-state index in [-0.39, 0.29) is 12.0 Å². The van der Waals surface area contributed by atoms with Gasteiger partial charge in [-0.2, -0.15) is 0 Å². The van der Waals surface area contributed by atoms with Crippen LogP contribution in [0.5, 0.6) is 0 Å². The number of aromatic amines is 1. The monoisotopic (exact) mass is 511 g/mol. The molecule has 0 spiro atoms. The third-order valence-corrected chi connectivity index (χ3v) is 7.97. The molecule has 1 aromatic heterocycles. The molecule has 5 nitrogen and oxygen atoms in total. The number of para-hydroxylation sites is 1. The predicted molar refractivity (Wildman–Crippen MR) is 156 cm³/mol. The highest BCUT2D eigenvalue weighted by Crippen LogP contribution is 2.41. The lowest BCUT2D eigenvalue weighted by atomic mass is 9.80. The minimum atomic E-state index is -0.440. The van der Waals surface area contributed by atoms with Gasteiger partial charge in [-0.25, -0.2) is 0 Å². The molecule has 0 bridgehead atoms. The van der Waals surface area contributed by atoms with Gasteiger partial charge in [0.15, 0.2) is 0 Å². The van der Waals surface area contributed by atoms with E-state index in [4.69, 9.17) is 4.74 Å². The van der Waals surface area contributed by atoms with Gasteiger partial charge in [0.05, 0.1) is 18.4 Å². The number of nitrogens with zero attached hydrogens (tertiary/aromatic N) is 2. The van der Waals surface area contributed by atoms with Crippen LogP contribution in [0, 0.1) is 0 Å². The molecule has 2 aromatic carbocycles. The van der Waals surface area contributed by atoms with Crippen molar-refractivity contribution >= 4 is 22.4 Å². The molecule has 38 heavy (non-hydrogen) atoms. The topological polar surface area (TPSA) is 48.6 Å². The Hall–Kier alpha value is -3.15. The average molecular weight is 512 g/mol. The number of likely N-dealkylation sites (tertiary alicyclic amines) is 1. The van der Waals surface area contributed by atoms with Crippen molar-refractivity contribution in [2.45, 2.75) is 64.5 Å². The zero-order chi connectivity index (χ0) is 26.7. The number of aromatic nitrogens is 1. The largest absolute Gasteiger partial charge is 0.374 e. The molecule has 5 rings (SSSR count). The van der Waals surface area contributed by atoms with Crippen molar-refractivity contribution in [2.75, 3.05) is 26.2 Å². The minimum Gasteiger partial charge on any atom is -0.374 e. The van der Waals surface area contributed by atoms with Crippen molar-refractivity contribution in [3.05, 3.63) is 89.8 Å². The van der Waals surface area contributed by atoms with Gasteiger partial charge in [-0.3, -0.25) is 9.69 Å². The number of carbonyl (C=O) groups excluding carboxylic acids is 1. The number of hydrogen-bond acceptors (Lipinski definition) is 3. The normalized spacial score (nSPS) is 20.6. The molecule has 1 fully saturated rings. The van der Waals surface area contributed by atoms with Gasteiger partial charge >= 0.3 is 0 Å². The third kappa shape index (κ3) is 5.50. The summed E-state index contributed by atoms with van der Waals surface area (Å²) in [6.45, 7) is 14.6. The van der Waals surface area contributed by atoms with Crippen molar-refractivity contribution in [1.82, 2.24) is 14.8 Å². The van der Waals surface area contributed by atoms with E-state index >= 15 is 0 Å². The highest BCUT2D eigenvalue weighted by molar-refractivity contribution is 5.97. The summed E-state index contributed by atoms with van der Waals surface area (Å²) in [5, 5.41) is 1.16. The second-order valence-corrected chi connectivity index (χ2v) is 11.4. The molecule has 3 heterocycles. The number of ether oxygens (including phenoxy) is 1. The van der Waals surface area contributed by atoms with Crippen molar-refractivity contribution in [1.29, 1.82) is 0 Å². The summed E-state index contributed by atoms with van der Waals surface area (Å²) in [4.78, 5) is 22.1. The second-order valence-electron chi connectivity index (χ2n) is 11.4. The van der Waals surface area contributed by atoms with E-state index in [9.17, 15) is 4.79 Å². The maximum Gasteiger partial charge on any atom is 0.257 e. The van der Waals surface area contributed by atoms with Crippen LogP contribution in [0.3, 0.4) is 0 Å². The fourth-order valence-electron chi connectivity index (χ4n) is 5.89. The summed E-state index contributed by atoms with van der Waals surface area (Å²) in [6, 6.07) is 16.6. The van der Waals surface area contributed by atoms with E-state index in [2.05, 4.69) is 53.7 Å². The zero-order valence-corrected chi connectivity index (χ0v) is 23.1. The van der Waals surface area contributed by atoms with Crippen LogP contribution in [0.2, 0.25) is 0 Å². The van der Waals surface area contributed by atoms with Crippen LogP contribution in [0.1, 0.15) is 73.6 Å². The molecule has 0 radical (unpaired) electrons. The van der Waals surface area contributed by atoms with Crippen LogP contribution in [0.15, 0.2) is 67.4 Å². The lowest BCUT2D eigenvalue weighted by Crippen LogP contribution is -2.37. The van der Waals surface area contributed by atoms with Crippen LogP contribution in [-0.2, 0) is 16.7 Å². The highest BCUT2D eigenvalue weighted by Gasteiger charge is 2.36. The molecular formula is C33H41N3O2. The summed E-state index contributed by atoms with van der Waals surface area (Å²) >= 11 is 0. The number of nitrogens with one attached hydrogen (secondary N) is 1. The van der Waals surface area contributed by atoms with E-state index in [0.717, 1.165) is 47.4 Å². The maximum absolute atomic E-state index is 14.1. The number of benzene rings is 2. The molecule has 5 heteroatoms. The summed E-state index contributed by atoms with van der Waals surface area (Å²) in [5.74, 6) is 0.00676. The summed E-state index contributed by atoms with van der Waals surface area (Å²) in [7, 11) is 0. The van der Waals surface area contributed by atoms with Crippen LogP contribution in [0.4, 0.5) is 0 Å². The lowest BCUT2D eigenvalue weighted by Gasteiger charge is -2.30. The SMILES string of the molecule is C=CC1(C)CN(C(=O)c2cccc(CN3CCCCCC3)c2)C=C(COC(C)C)c2[nH]c3ccccc3c21. The van der Waals surface area contributed by atoms with Gasteiger partial charge in [0.25, 0.3) is 5.91 Å². The van der Waals surface area contributed by atoms with E-state index in [0.29, 0.717) is 13.2 Å². The molecule has 200 valence electrons. The first-order chi connectivity index (χ1) is 18.4. The van der Waals surface area contributed by atoms with Gasteiger partial charge < -0.3 is 14.6 Å². The molecule has 1 saturated heterocycles. The Morgan fingerprint density at radius 2 is 1.87 bits per heavy atom. The maximum atomic E-state index is 14.1. The number of rotatable bonds is 7. The van der Waals surface area contributed by atoms with Crippen molar-refractivity contribution < 1.29 is 9.53 Å². The van der Waals surface area contributed by atoms with E-state index in [1.54, 1.807) is 0 Å². The Balaban J connectivity index is 1.50. The first-order valence-corrected chi connectivity index (χ1v) is 14.1. The quantitative estimate of drug-likeness (QED) is 0.351. The Labute approximate surface area is 227 Å². The van der Waals surface area contributed by atoms with Crippen LogP contribution in [0.25, 0.3) is 16.5 Å². The Kier molecular flexibility index (Phi) is 7.87. The number of H-pyrrole nitrogens is 1. The van der Waals surface area contributed by atoms with Gasteiger partial charge in [0.1, 0.15) is 0 Å². The second kappa shape index (κ2) is 11.3. The van der Waals surface area contributed by atoms with Gasteiger partial charge in [0.2, 0.25) is 0 Å². The van der Waals surface area contributed by atoms with Gasteiger partial charge in [-0.15, -0.1) is 6.58 Å². The standard InChI is InChI=1S/C33H41N3O2/c1-5-33(4)23-36(32(37)26-14-12-13-25(19-26)20-35-17-10-6-7-11-18-35)21-27(22-38-24(2)3)31-30(33)28-15-8-9-16-29(28)34-31/h5,8-9,12-16,19,21,24,34H,1,6-7,10-11,17-18,20,22-23H2,2-4H3. The van der Waals surface area contributed by atoms with E-state index in [1.165, 1.54) is 36.8 Å². The molecule has 0 saturated carbocycles. The molecule has 1 unspecified atom stereocenters. The molecule has 1 atom stereocenters. The molecule has 0 aliphatic carbocycles. The lowest BCUT2D eigenvalue weighted by molar-refractivity contribution is 0.0804. The molecule has 1 N–H and O–H groups in total. The summed E-state index contributed by atoms with van der Waals surface area (Å²) < 4.78 is 6.08. The number of amides is 1. The first kappa shape index (κ1) is 26.5. The van der Waals surface area contributed by atoms with Gasteiger partial charge in [-0.1, -0.05) is 56.2 Å². The molecule has 2 aliphatic heterocycles. The molecule has 1 amide bonds. The van der Waals surface area contributed by atoms with Gasteiger partial charge in [-0.05, 0) is 69.1 Å². The number of hydrogen-bond donors (Lipinski definition) is 1. The molecular weight excluding hydrogens is 470 g/mol. The summed E-state index contributed by atoms with van der Waals surface area (Å²) in [5.41, 5.74) is 5.74. The van der Waals surface area contributed by atoms with Crippen LogP contribution in [-0.4, -0.2) is 53.0 Å². The Bertz CT molecular complexity index is 1330. The van der Waals surface area contributed by atoms with Crippen molar-refractivity contribution in [3.63, 3.8) is 0 Å². The smallest absolute Gasteiger partial charge is 0.257 e.